The molecule has 0 unspecified atom stereocenters. The van der Waals surface area contributed by atoms with E-state index in [1.165, 1.54) is 29.1 Å². The number of amides is 1. The van der Waals surface area contributed by atoms with Gasteiger partial charge in [-0.1, -0.05) is 30.3 Å². The normalized spacial score (nSPS) is 11.6. The maximum Gasteiger partial charge on any atom is 0.300 e. The van der Waals surface area contributed by atoms with E-state index in [4.69, 9.17) is 5.73 Å². The van der Waals surface area contributed by atoms with Gasteiger partial charge in [0.05, 0.1) is 22.0 Å². The van der Waals surface area contributed by atoms with Crippen LogP contribution in [0.5, 0.6) is 0 Å². The Balaban J connectivity index is 1.77. The molecule has 0 radical (unpaired) electrons. The smallest absolute Gasteiger partial charge is 0.300 e. The summed E-state index contributed by atoms with van der Waals surface area (Å²) in [4.78, 5) is 37.4. The van der Waals surface area contributed by atoms with Crippen LogP contribution < -0.4 is 11.1 Å². The fourth-order valence-electron chi connectivity index (χ4n) is 2.89. The Morgan fingerprint density at radius 2 is 1.87 bits per heavy atom. The zero-order valence-corrected chi connectivity index (χ0v) is 15.7. The topological polar surface area (TPSA) is 159 Å². The van der Waals surface area contributed by atoms with E-state index in [0.29, 0.717) is 12.4 Å². The molecule has 2 aromatic carbocycles. The molecule has 0 fully saturated rings. The average Bonchev–Trinajstić information content (AvgIpc) is 3.19. The summed E-state index contributed by atoms with van der Waals surface area (Å²) >= 11 is 0. The van der Waals surface area contributed by atoms with E-state index < -0.39 is 33.2 Å². The van der Waals surface area contributed by atoms with E-state index in [-0.39, 0.29) is 12.1 Å². The lowest BCUT2D eigenvalue weighted by Crippen LogP contribution is -2.42. The first-order valence-electron chi connectivity index (χ1n) is 8.89. The summed E-state index contributed by atoms with van der Waals surface area (Å²) < 4.78 is 1.40. The summed E-state index contributed by atoms with van der Waals surface area (Å²) in [6, 6.07) is 11.7. The Kier molecular flexibility index (Phi) is 6.13. The molecule has 1 atom stereocenters. The molecule has 0 aliphatic rings. The van der Waals surface area contributed by atoms with Crippen molar-refractivity contribution >= 4 is 17.3 Å². The van der Waals surface area contributed by atoms with Crippen LogP contribution in [0.25, 0.3) is 5.69 Å². The number of nitrogens with zero attached hydrogens (tertiary/aromatic N) is 4. The molecule has 0 aliphatic heterocycles. The second-order valence-corrected chi connectivity index (χ2v) is 6.41. The molecule has 0 saturated heterocycles. The zero-order chi connectivity index (χ0) is 21.7. The van der Waals surface area contributed by atoms with Crippen LogP contribution >= 0.6 is 0 Å². The molecule has 3 rings (SSSR count). The number of nitrogens with two attached hydrogens (primary N) is 1. The fraction of sp³-hybridized carbons (Fsp3) is 0.158. The van der Waals surface area contributed by atoms with E-state index in [9.17, 15) is 25.0 Å². The summed E-state index contributed by atoms with van der Waals surface area (Å²) in [6.45, 7) is 0.315. The van der Waals surface area contributed by atoms with E-state index in [0.717, 1.165) is 11.6 Å². The SMILES string of the molecule is N[C@@H](Cc1nccn1-c1ccc([N+](=O)[O-])cc1[N+](=O)[O-])C(=O)NCc1ccccc1. The van der Waals surface area contributed by atoms with Gasteiger partial charge in [-0.2, -0.15) is 0 Å². The highest BCUT2D eigenvalue weighted by Crippen LogP contribution is 2.28. The molecule has 1 aromatic heterocycles. The van der Waals surface area contributed by atoms with Crippen LogP contribution in [-0.2, 0) is 17.8 Å². The third kappa shape index (κ3) is 4.64. The second kappa shape index (κ2) is 8.92. The Morgan fingerprint density at radius 1 is 1.13 bits per heavy atom. The summed E-state index contributed by atoms with van der Waals surface area (Å²) in [6.07, 6.45) is 2.90. The predicted octanol–water partition coefficient (Wildman–Crippen LogP) is 1.87. The van der Waals surface area contributed by atoms with E-state index in [2.05, 4.69) is 10.3 Å². The number of nitro benzene ring substituents is 2. The van der Waals surface area contributed by atoms with Crippen LogP contribution in [-0.4, -0.2) is 31.3 Å². The van der Waals surface area contributed by atoms with Gasteiger partial charge in [0.15, 0.2) is 0 Å². The van der Waals surface area contributed by atoms with E-state index in [1.54, 1.807) is 0 Å². The highest BCUT2D eigenvalue weighted by Gasteiger charge is 2.24. The van der Waals surface area contributed by atoms with Crippen LogP contribution in [0, 0.1) is 20.2 Å². The van der Waals surface area contributed by atoms with Gasteiger partial charge in [-0.15, -0.1) is 0 Å². The van der Waals surface area contributed by atoms with Gasteiger partial charge in [-0.05, 0) is 11.6 Å². The third-order valence-corrected chi connectivity index (χ3v) is 4.39. The molecule has 11 heteroatoms. The van der Waals surface area contributed by atoms with Gasteiger partial charge in [0, 0.05) is 31.4 Å². The van der Waals surface area contributed by atoms with Gasteiger partial charge in [-0.25, -0.2) is 4.98 Å². The van der Waals surface area contributed by atoms with Gasteiger partial charge < -0.3 is 11.1 Å². The maximum atomic E-state index is 12.3. The zero-order valence-electron chi connectivity index (χ0n) is 15.7. The number of hydrogen-bond donors (Lipinski definition) is 2. The lowest BCUT2D eigenvalue weighted by molar-refractivity contribution is -0.394. The van der Waals surface area contributed by atoms with Crippen molar-refractivity contribution in [1.29, 1.82) is 0 Å². The molecule has 0 bridgehead atoms. The molecule has 154 valence electrons. The maximum absolute atomic E-state index is 12.3. The number of imidazole rings is 1. The Hall–Kier alpha value is -4.12. The lowest BCUT2D eigenvalue weighted by Gasteiger charge is -2.14. The van der Waals surface area contributed by atoms with Crippen LogP contribution in [0.3, 0.4) is 0 Å². The number of hydrogen-bond acceptors (Lipinski definition) is 7. The molecule has 3 N–H and O–H groups in total. The number of nitrogens with one attached hydrogen (secondary N) is 1. The number of non-ortho nitro benzene ring substituents is 1. The molecule has 1 amide bonds. The molecular formula is C19H18N6O5. The van der Waals surface area contributed by atoms with Crippen molar-refractivity contribution in [1.82, 2.24) is 14.9 Å². The quantitative estimate of drug-likeness (QED) is 0.423. The van der Waals surface area contributed by atoms with E-state index >= 15 is 0 Å². The van der Waals surface area contributed by atoms with Gasteiger partial charge >= 0.3 is 0 Å². The number of rotatable bonds is 8. The Morgan fingerprint density at radius 3 is 2.53 bits per heavy atom. The Bertz CT molecular complexity index is 1080. The first kappa shape index (κ1) is 20.6. The number of carbonyl (C=O) groups excluding carboxylic acids is 1. The predicted molar refractivity (Wildman–Crippen MR) is 107 cm³/mol. The molecule has 11 nitrogen and oxygen atoms in total. The van der Waals surface area contributed by atoms with Gasteiger partial charge in [-0.3, -0.25) is 29.6 Å². The second-order valence-electron chi connectivity index (χ2n) is 6.41. The van der Waals surface area contributed by atoms with Crippen molar-refractivity contribution in [2.75, 3.05) is 0 Å². The van der Waals surface area contributed by atoms with Crippen LogP contribution in [0.15, 0.2) is 60.9 Å². The van der Waals surface area contributed by atoms with Crippen LogP contribution in [0.4, 0.5) is 11.4 Å². The first-order chi connectivity index (χ1) is 14.4. The summed E-state index contributed by atoms with van der Waals surface area (Å²) in [5.41, 5.74) is 6.15. The molecule has 0 saturated carbocycles. The Labute approximate surface area is 170 Å². The van der Waals surface area contributed by atoms with Crippen molar-refractivity contribution in [2.45, 2.75) is 19.0 Å². The van der Waals surface area contributed by atoms with E-state index in [1.807, 2.05) is 30.3 Å². The molecule has 3 aromatic rings. The molecule has 0 spiro atoms. The molecule has 30 heavy (non-hydrogen) atoms. The van der Waals surface area contributed by atoms with Gasteiger partial charge in [0.2, 0.25) is 5.91 Å². The minimum atomic E-state index is -0.938. The molecule has 0 aliphatic carbocycles. The van der Waals surface area contributed by atoms with Crippen LogP contribution in [0.2, 0.25) is 0 Å². The highest BCUT2D eigenvalue weighted by molar-refractivity contribution is 5.81. The van der Waals surface area contributed by atoms with Crippen molar-refractivity contribution < 1.29 is 14.6 Å². The average molecular weight is 410 g/mol. The van der Waals surface area contributed by atoms with Crippen molar-refractivity contribution in [3.63, 3.8) is 0 Å². The summed E-state index contributed by atoms with van der Waals surface area (Å²) in [5, 5.41) is 25.1. The monoisotopic (exact) mass is 410 g/mol. The fourth-order valence-corrected chi connectivity index (χ4v) is 2.89. The molecular weight excluding hydrogens is 392 g/mol. The van der Waals surface area contributed by atoms with Gasteiger partial charge in [0.25, 0.3) is 11.4 Å². The van der Waals surface area contributed by atoms with Crippen LogP contribution in [0.1, 0.15) is 11.4 Å². The number of nitro groups is 2. The highest BCUT2D eigenvalue weighted by atomic mass is 16.6. The number of carbonyl (C=O) groups is 1. The third-order valence-electron chi connectivity index (χ3n) is 4.39. The number of benzene rings is 2. The number of aromatic nitrogens is 2. The summed E-state index contributed by atoms with van der Waals surface area (Å²) in [5.74, 6) is -0.0825. The largest absolute Gasteiger partial charge is 0.351 e. The van der Waals surface area contributed by atoms with Crippen molar-refractivity contribution in [2.24, 2.45) is 5.73 Å². The lowest BCUT2D eigenvalue weighted by atomic mass is 10.1. The van der Waals surface area contributed by atoms with Crippen molar-refractivity contribution in [3.8, 4) is 5.69 Å². The minimum Gasteiger partial charge on any atom is -0.351 e. The van der Waals surface area contributed by atoms with Gasteiger partial charge in [0.1, 0.15) is 11.5 Å². The standard InChI is InChI=1S/C19H18N6O5/c20-15(19(26)22-12-13-4-2-1-3-5-13)11-18-21-8-9-23(18)16-7-6-14(24(27)28)10-17(16)25(29)30/h1-10,15H,11-12,20H2,(H,22,26)/t15-/m0/s1. The first-order valence-corrected chi connectivity index (χ1v) is 8.89. The molecule has 1 heterocycles. The summed E-state index contributed by atoms with van der Waals surface area (Å²) in [7, 11) is 0. The minimum absolute atomic E-state index is 0.0156. The van der Waals surface area contributed by atoms with Crippen molar-refractivity contribution in [3.05, 3.63) is 92.5 Å².